The number of primary amides is 1. The first-order valence-electron chi connectivity index (χ1n) is 7.96. The van der Waals surface area contributed by atoms with Crippen molar-refractivity contribution in [2.24, 2.45) is 5.73 Å². The first-order chi connectivity index (χ1) is 11.6. The van der Waals surface area contributed by atoms with Crippen LogP contribution < -0.4 is 15.8 Å². The topological polar surface area (TPSA) is 94.3 Å². The van der Waals surface area contributed by atoms with E-state index >= 15 is 0 Å². The molecule has 0 bridgehead atoms. The molecule has 1 saturated carbocycles. The zero-order valence-corrected chi connectivity index (χ0v) is 13.2. The average Bonchev–Trinajstić information content (AvgIpc) is 3.08. The number of rotatable bonds is 5. The molecule has 1 aliphatic rings. The Kier molecular flexibility index (Phi) is 4.74. The highest BCUT2D eigenvalue weighted by atomic mass is 16.5. The molecule has 0 spiro atoms. The first-order valence-corrected chi connectivity index (χ1v) is 7.96. The minimum atomic E-state index is -0.578. The summed E-state index contributed by atoms with van der Waals surface area (Å²) in [5.74, 6) is -0.188. The maximum Gasteiger partial charge on any atom is 0.274 e. The summed E-state index contributed by atoms with van der Waals surface area (Å²) < 4.78 is 5.93. The Labute approximate surface area is 140 Å². The van der Waals surface area contributed by atoms with E-state index in [0.717, 1.165) is 18.6 Å². The van der Waals surface area contributed by atoms with Crippen LogP contribution >= 0.6 is 0 Å². The summed E-state index contributed by atoms with van der Waals surface area (Å²) in [6, 6.07) is 10.3. The number of nitrogens with one attached hydrogen (secondary N) is 1. The minimum Gasteiger partial charge on any atom is -0.490 e. The molecule has 2 aromatic rings. The van der Waals surface area contributed by atoms with E-state index in [2.05, 4.69) is 10.3 Å². The van der Waals surface area contributed by atoms with Crippen molar-refractivity contribution in [2.75, 3.05) is 5.32 Å². The van der Waals surface area contributed by atoms with Crippen molar-refractivity contribution in [1.82, 2.24) is 4.98 Å². The summed E-state index contributed by atoms with van der Waals surface area (Å²) >= 11 is 0. The predicted molar refractivity (Wildman–Crippen MR) is 90.0 cm³/mol. The van der Waals surface area contributed by atoms with Crippen LogP contribution in [0.2, 0.25) is 0 Å². The maximum absolute atomic E-state index is 12.2. The Morgan fingerprint density at radius 3 is 2.62 bits per heavy atom. The molecule has 0 radical (unpaired) electrons. The van der Waals surface area contributed by atoms with E-state index in [0.29, 0.717) is 5.69 Å². The van der Waals surface area contributed by atoms with Crippen molar-refractivity contribution in [2.45, 2.75) is 31.8 Å². The number of ether oxygens (including phenoxy) is 1. The molecule has 0 atom stereocenters. The Morgan fingerprint density at radius 2 is 1.96 bits per heavy atom. The number of carbonyl (C=O) groups excluding carboxylic acids is 2. The van der Waals surface area contributed by atoms with E-state index in [1.165, 1.54) is 31.2 Å². The van der Waals surface area contributed by atoms with Crippen molar-refractivity contribution in [3.8, 4) is 5.75 Å². The second-order valence-corrected chi connectivity index (χ2v) is 5.80. The van der Waals surface area contributed by atoms with Crippen LogP contribution in [0.5, 0.6) is 5.75 Å². The molecule has 0 saturated heterocycles. The summed E-state index contributed by atoms with van der Waals surface area (Å²) in [6.45, 7) is 0. The van der Waals surface area contributed by atoms with Gasteiger partial charge in [0.25, 0.3) is 5.91 Å². The van der Waals surface area contributed by atoms with E-state index in [4.69, 9.17) is 10.5 Å². The van der Waals surface area contributed by atoms with Gasteiger partial charge in [0.05, 0.1) is 11.7 Å². The normalized spacial score (nSPS) is 14.3. The SMILES string of the molecule is NC(=O)c1ccc(C(=O)Nc2cccc(OC3CCCC3)c2)nc1. The average molecular weight is 325 g/mol. The number of anilines is 1. The van der Waals surface area contributed by atoms with Gasteiger partial charge in [-0.2, -0.15) is 0 Å². The Bertz CT molecular complexity index is 737. The molecular weight excluding hydrogens is 306 g/mol. The summed E-state index contributed by atoms with van der Waals surface area (Å²) in [4.78, 5) is 27.2. The highest BCUT2D eigenvalue weighted by Crippen LogP contribution is 2.25. The van der Waals surface area contributed by atoms with Gasteiger partial charge in [-0.1, -0.05) is 6.07 Å². The fraction of sp³-hybridized carbons (Fsp3) is 0.278. The molecule has 1 aromatic carbocycles. The standard InChI is InChI=1S/C18H19N3O3/c19-17(22)12-8-9-16(20-11-12)18(23)21-13-4-3-7-15(10-13)24-14-5-1-2-6-14/h3-4,7-11,14H,1-2,5-6H2,(H2,19,22)(H,21,23). The molecule has 1 heterocycles. The minimum absolute atomic E-state index is 0.210. The number of hydrogen-bond donors (Lipinski definition) is 2. The molecule has 6 heteroatoms. The summed E-state index contributed by atoms with van der Waals surface area (Å²) in [6.07, 6.45) is 6.11. The predicted octanol–water partition coefficient (Wildman–Crippen LogP) is 2.75. The Morgan fingerprint density at radius 1 is 1.17 bits per heavy atom. The third kappa shape index (κ3) is 3.90. The van der Waals surface area contributed by atoms with Crippen molar-refractivity contribution >= 4 is 17.5 Å². The lowest BCUT2D eigenvalue weighted by Gasteiger charge is -2.14. The van der Waals surface area contributed by atoms with E-state index in [1.54, 1.807) is 12.1 Å². The molecule has 1 aliphatic carbocycles. The van der Waals surface area contributed by atoms with Gasteiger partial charge in [0.15, 0.2) is 0 Å². The van der Waals surface area contributed by atoms with Crippen LogP contribution in [0.15, 0.2) is 42.6 Å². The van der Waals surface area contributed by atoms with Gasteiger partial charge in [-0.25, -0.2) is 0 Å². The molecular formula is C18H19N3O3. The van der Waals surface area contributed by atoms with Crippen molar-refractivity contribution in [3.05, 3.63) is 53.9 Å². The summed E-state index contributed by atoms with van der Waals surface area (Å²) in [5.41, 5.74) is 6.26. The van der Waals surface area contributed by atoms with Gasteiger partial charge in [-0.3, -0.25) is 14.6 Å². The lowest BCUT2D eigenvalue weighted by molar-refractivity contribution is 0.0993. The molecule has 124 valence electrons. The van der Waals surface area contributed by atoms with Gasteiger partial charge in [0.2, 0.25) is 5.91 Å². The van der Waals surface area contributed by atoms with Gasteiger partial charge < -0.3 is 15.8 Å². The zero-order chi connectivity index (χ0) is 16.9. The number of nitrogens with two attached hydrogens (primary N) is 1. The van der Waals surface area contributed by atoms with Gasteiger partial charge in [-0.05, 0) is 49.9 Å². The van der Waals surface area contributed by atoms with E-state index in [-0.39, 0.29) is 23.3 Å². The molecule has 3 rings (SSSR count). The summed E-state index contributed by atoms with van der Waals surface area (Å²) in [7, 11) is 0. The second kappa shape index (κ2) is 7.12. The lowest BCUT2D eigenvalue weighted by atomic mass is 10.2. The van der Waals surface area contributed by atoms with Gasteiger partial charge in [0, 0.05) is 18.0 Å². The van der Waals surface area contributed by atoms with E-state index in [1.807, 2.05) is 12.1 Å². The summed E-state index contributed by atoms with van der Waals surface area (Å²) in [5, 5.41) is 2.77. The van der Waals surface area contributed by atoms with Crippen molar-refractivity contribution in [3.63, 3.8) is 0 Å². The first kappa shape index (κ1) is 16.0. The molecule has 0 aliphatic heterocycles. The molecule has 2 amide bonds. The van der Waals surface area contributed by atoms with Crippen LogP contribution in [-0.4, -0.2) is 22.9 Å². The Hall–Kier alpha value is -2.89. The third-order valence-electron chi connectivity index (χ3n) is 3.98. The highest BCUT2D eigenvalue weighted by molar-refractivity contribution is 6.03. The van der Waals surface area contributed by atoms with Gasteiger partial charge >= 0.3 is 0 Å². The van der Waals surface area contributed by atoms with E-state index in [9.17, 15) is 9.59 Å². The van der Waals surface area contributed by atoms with Crippen LogP contribution in [0.1, 0.15) is 46.5 Å². The second-order valence-electron chi connectivity index (χ2n) is 5.80. The number of amides is 2. The quantitative estimate of drug-likeness (QED) is 0.883. The molecule has 3 N–H and O–H groups in total. The number of benzene rings is 1. The number of pyridine rings is 1. The highest BCUT2D eigenvalue weighted by Gasteiger charge is 2.16. The van der Waals surface area contributed by atoms with Gasteiger partial charge in [0.1, 0.15) is 11.4 Å². The number of nitrogens with zero attached hydrogens (tertiary/aromatic N) is 1. The van der Waals surface area contributed by atoms with Crippen LogP contribution in [0, 0.1) is 0 Å². The van der Waals surface area contributed by atoms with E-state index < -0.39 is 5.91 Å². The Balaban J connectivity index is 1.66. The van der Waals surface area contributed by atoms with Gasteiger partial charge in [-0.15, -0.1) is 0 Å². The maximum atomic E-state index is 12.2. The number of hydrogen-bond acceptors (Lipinski definition) is 4. The molecule has 1 fully saturated rings. The number of aromatic nitrogens is 1. The molecule has 24 heavy (non-hydrogen) atoms. The third-order valence-corrected chi connectivity index (χ3v) is 3.98. The fourth-order valence-electron chi connectivity index (χ4n) is 2.71. The van der Waals surface area contributed by atoms with Crippen molar-refractivity contribution in [1.29, 1.82) is 0 Å². The molecule has 1 aromatic heterocycles. The monoisotopic (exact) mass is 325 g/mol. The van der Waals surface area contributed by atoms with Crippen LogP contribution in [0.4, 0.5) is 5.69 Å². The molecule has 6 nitrogen and oxygen atoms in total. The smallest absolute Gasteiger partial charge is 0.274 e. The fourth-order valence-corrected chi connectivity index (χ4v) is 2.71. The molecule has 0 unspecified atom stereocenters. The van der Waals surface area contributed by atoms with Crippen LogP contribution in [-0.2, 0) is 0 Å². The van der Waals surface area contributed by atoms with Crippen LogP contribution in [0.3, 0.4) is 0 Å². The largest absolute Gasteiger partial charge is 0.490 e. The lowest BCUT2D eigenvalue weighted by Crippen LogP contribution is -2.16. The van der Waals surface area contributed by atoms with Crippen LogP contribution in [0.25, 0.3) is 0 Å². The van der Waals surface area contributed by atoms with Crippen molar-refractivity contribution < 1.29 is 14.3 Å². The number of carbonyl (C=O) groups is 2. The zero-order valence-electron chi connectivity index (χ0n) is 13.2.